The molecule has 0 aliphatic carbocycles. The molecule has 1 amide bonds. The maximum Gasteiger partial charge on any atom is 0.234 e. The normalized spacial score (nSPS) is 19.3. The topological polar surface area (TPSA) is 54.0 Å². The Morgan fingerprint density at radius 3 is 2.54 bits per heavy atom. The van der Waals surface area contributed by atoms with Crippen LogP contribution in [-0.2, 0) is 4.79 Å². The van der Waals surface area contributed by atoms with Crippen LogP contribution in [0.25, 0.3) is 0 Å². The zero-order valence-electron chi connectivity index (χ0n) is 15.6. The van der Waals surface area contributed by atoms with E-state index in [1.54, 1.807) is 0 Å². The number of ether oxygens (including phenoxy) is 2. The summed E-state index contributed by atoms with van der Waals surface area (Å²) in [6.07, 6.45) is -0.170. The smallest absolute Gasteiger partial charge is 0.234 e. The van der Waals surface area contributed by atoms with Gasteiger partial charge >= 0.3 is 0 Å². The van der Waals surface area contributed by atoms with E-state index in [4.69, 9.17) is 21.1 Å². The highest BCUT2D eigenvalue weighted by molar-refractivity contribution is 6.33. The summed E-state index contributed by atoms with van der Waals surface area (Å²) in [4.78, 5) is 16.7. The van der Waals surface area contributed by atoms with Crippen molar-refractivity contribution in [3.05, 3.63) is 53.6 Å². The summed E-state index contributed by atoms with van der Waals surface area (Å²) < 4.78 is 11.6. The Morgan fingerprint density at radius 2 is 1.75 bits per heavy atom. The van der Waals surface area contributed by atoms with Crippen LogP contribution in [0.2, 0.25) is 5.02 Å². The molecule has 0 radical (unpaired) electrons. The predicted molar refractivity (Wildman–Crippen MR) is 109 cm³/mol. The van der Waals surface area contributed by atoms with Crippen LogP contribution in [0.3, 0.4) is 0 Å². The second-order valence-corrected chi connectivity index (χ2v) is 7.42. The summed E-state index contributed by atoms with van der Waals surface area (Å²) in [5.41, 5.74) is 1.06. The summed E-state index contributed by atoms with van der Waals surface area (Å²) in [7, 11) is 0. The third kappa shape index (κ3) is 4.51. The van der Waals surface area contributed by atoms with Gasteiger partial charge in [-0.1, -0.05) is 35.9 Å². The van der Waals surface area contributed by atoms with Crippen LogP contribution < -0.4 is 19.7 Å². The van der Waals surface area contributed by atoms with Crippen LogP contribution >= 0.6 is 11.6 Å². The molecule has 1 N–H and O–H groups in total. The third-order valence-corrected chi connectivity index (χ3v) is 5.35. The SMILES string of the molecule is O=C(CN1CCN(c2ccccc2Cl)CC1)NC[C@@H]1COc2ccccc2O1. The van der Waals surface area contributed by atoms with E-state index >= 15 is 0 Å². The van der Waals surface area contributed by atoms with Gasteiger partial charge in [0.25, 0.3) is 0 Å². The number of fused-ring (bicyclic) bond motifs is 1. The maximum atomic E-state index is 12.3. The van der Waals surface area contributed by atoms with Gasteiger partial charge in [-0.15, -0.1) is 0 Å². The summed E-state index contributed by atoms with van der Waals surface area (Å²) in [5, 5.41) is 3.73. The lowest BCUT2D eigenvalue weighted by molar-refractivity contribution is -0.122. The summed E-state index contributed by atoms with van der Waals surface area (Å²) in [6, 6.07) is 15.5. The molecule has 0 spiro atoms. The van der Waals surface area contributed by atoms with Crippen LogP contribution in [-0.4, -0.2) is 62.8 Å². The molecule has 2 aliphatic rings. The van der Waals surface area contributed by atoms with Gasteiger partial charge in [-0.2, -0.15) is 0 Å². The number of piperazine rings is 1. The monoisotopic (exact) mass is 401 g/mol. The number of anilines is 1. The Morgan fingerprint density at radius 1 is 1.04 bits per heavy atom. The van der Waals surface area contributed by atoms with Gasteiger partial charge in [0.2, 0.25) is 5.91 Å². The number of benzene rings is 2. The molecule has 1 fully saturated rings. The average Bonchev–Trinajstić information content (AvgIpc) is 2.73. The highest BCUT2D eigenvalue weighted by Crippen LogP contribution is 2.30. The van der Waals surface area contributed by atoms with Gasteiger partial charge in [-0.05, 0) is 24.3 Å². The standard InChI is InChI=1S/C21H24ClN3O3/c22-17-5-1-2-6-18(17)25-11-9-24(10-12-25)14-21(26)23-13-16-15-27-19-7-3-4-8-20(19)28-16/h1-8,16H,9-15H2,(H,23,26)/t16-/m1/s1. The van der Waals surface area contributed by atoms with E-state index < -0.39 is 0 Å². The van der Waals surface area contributed by atoms with Crippen molar-refractivity contribution in [2.24, 2.45) is 0 Å². The molecule has 2 aromatic carbocycles. The lowest BCUT2D eigenvalue weighted by atomic mass is 10.2. The zero-order valence-corrected chi connectivity index (χ0v) is 16.4. The number of para-hydroxylation sites is 3. The minimum absolute atomic E-state index is 0.00801. The van der Waals surface area contributed by atoms with Gasteiger partial charge in [-0.3, -0.25) is 9.69 Å². The molecule has 2 heterocycles. The molecule has 4 rings (SSSR count). The van der Waals surface area contributed by atoms with Crippen molar-refractivity contribution in [2.45, 2.75) is 6.10 Å². The number of hydrogen-bond acceptors (Lipinski definition) is 5. The molecule has 0 aromatic heterocycles. The number of hydrogen-bond donors (Lipinski definition) is 1. The van der Waals surface area contributed by atoms with Crippen molar-refractivity contribution < 1.29 is 14.3 Å². The Bertz CT molecular complexity index is 824. The van der Waals surface area contributed by atoms with Crippen molar-refractivity contribution in [3.63, 3.8) is 0 Å². The Hall–Kier alpha value is -2.44. The Kier molecular flexibility index (Phi) is 5.88. The molecular weight excluding hydrogens is 378 g/mol. The molecule has 148 valence electrons. The second-order valence-electron chi connectivity index (χ2n) is 7.02. The first-order valence-corrected chi connectivity index (χ1v) is 9.94. The highest BCUT2D eigenvalue weighted by Gasteiger charge is 2.23. The molecule has 7 heteroatoms. The zero-order chi connectivity index (χ0) is 19.3. The Labute approximate surface area is 170 Å². The fourth-order valence-electron chi connectivity index (χ4n) is 3.51. The Balaban J connectivity index is 1.20. The van der Waals surface area contributed by atoms with Crippen LogP contribution in [0.1, 0.15) is 0 Å². The molecule has 2 aliphatic heterocycles. The van der Waals surface area contributed by atoms with Crippen LogP contribution in [0.5, 0.6) is 11.5 Å². The fraction of sp³-hybridized carbons (Fsp3) is 0.381. The largest absolute Gasteiger partial charge is 0.486 e. The number of nitrogens with zero attached hydrogens (tertiary/aromatic N) is 2. The molecule has 1 atom stereocenters. The van der Waals surface area contributed by atoms with Crippen molar-refractivity contribution in [1.82, 2.24) is 10.2 Å². The van der Waals surface area contributed by atoms with Gasteiger partial charge in [0.1, 0.15) is 12.7 Å². The number of rotatable bonds is 5. The number of halogens is 1. The third-order valence-electron chi connectivity index (χ3n) is 5.03. The minimum Gasteiger partial charge on any atom is -0.486 e. The predicted octanol–water partition coefficient (Wildman–Crippen LogP) is 2.42. The average molecular weight is 402 g/mol. The summed E-state index contributed by atoms with van der Waals surface area (Å²) in [6.45, 7) is 4.63. The number of nitrogens with one attached hydrogen (secondary N) is 1. The van der Waals surface area contributed by atoms with E-state index in [2.05, 4.69) is 15.1 Å². The van der Waals surface area contributed by atoms with Gasteiger partial charge in [0, 0.05) is 26.2 Å². The van der Waals surface area contributed by atoms with Gasteiger partial charge in [-0.25, -0.2) is 0 Å². The number of amides is 1. The van der Waals surface area contributed by atoms with Crippen molar-refractivity contribution in [1.29, 1.82) is 0 Å². The van der Waals surface area contributed by atoms with Crippen molar-refractivity contribution >= 4 is 23.2 Å². The summed E-state index contributed by atoms with van der Waals surface area (Å²) >= 11 is 6.28. The quantitative estimate of drug-likeness (QED) is 0.833. The molecule has 0 bridgehead atoms. The first-order valence-electron chi connectivity index (χ1n) is 9.56. The molecule has 0 saturated carbocycles. The molecule has 2 aromatic rings. The molecule has 28 heavy (non-hydrogen) atoms. The van der Waals surface area contributed by atoms with E-state index in [-0.39, 0.29) is 12.0 Å². The van der Waals surface area contributed by atoms with Gasteiger partial charge in [0.15, 0.2) is 11.5 Å². The lowest BCUT2D eigenvalue weighted by Crippen LogP contribution is -2.50. The molecule has 6 nitrogen and oxygen atoms in total. The van der Waals surface area contributed by atoms with E-state index in [0.29, 0.717) is 19.7 Å². The summed E-state index contributed by atoms with van der Waals surface area (Å²) in [5.74, 6) is 1.49. The minimum atomic E-state index is -0.170. The maximum absolute atomic E-state index is 12.3. The highest BCUT2D eigenvalue weighted by atomic mass is 35.5. The first-order chi connectivity index (χ1) is 13.7. The van der Waals surface area contributed by atoms with Crippen LogP contribution in [0.15, 0.2) is 48.5 Å². The van der Waals surface area contributed by atoms with E-state index in [9.17, 15) is 4.79 Å². The number of carbonyl (C=O) groups is 1. The van der Waals surface area contributed by atoms with Crippen LogP contribution in [0.4, 0.5) is 5.69 Å². The second kappa shape index (κ2) is 8.71. The first kappa shape index (κ1) is 18.9. The molecular formula is C21H24ClN3O3. The number of carbonyl (C=O) groups excluding carboxylic acids is 1. The molecule has 0 unspecified atom stereocenters. The van der Waals surface area contributed by atoms with E-state index in [1.807, 2.05) is 48.5 Å². The van der Waals surface area contributed by atoms with Crippen molar-refractivity contribution in [3.8, 4) is 11.5 Å². The van der Waals surface area contributed by atoms with E-state index in [0.717, 1.165) is 48.4 Å². The molecule has 1 saturated heterocycles. The van der Waals surface area contributed by atoms with Gasteiger partial charge in [0.05, 0.1) is 23.8 Å². The fourth-order valence-corrected chi connectivity index (χ4v) is 3.76. The van der Waals surface area contributed by atoms with Crippen molar-refractivity contribution in [2.75, 3.05) is 50.8 Å². The van der Waals surface area contributed by atoms with Crippen LogP contribution in [0, 0.1) is 0 Å². The van der Waals surface area contributed by atoms with Gasteiger partial charge < -0.3 is 19.7 Å². The van der Waals surface area contributed by atoms with E-state index in [1.165, 1.54) is 0 Å². The lowest BCUT2D eigenvalue weighted by Gasteiger charge is -2.36.